The minimum absolute atomic E-state index is 0.0412. The molecule has 1 fully saturated rings. The number of halogens is 1. The number of benzene rings is 2. The second-order valence-electron chi connectivity index (χ2n) is 11.2. The molecule has 1 N–H and O–H groups in total. The molecule has 0 radical (unpaired) electrons. The molecule has 7 nitrogen and oxygen atoms in total. The van der Waals surface area contributed by atoms with Crippen molar-refractivity contribution < 1.29 is 22.7 Å². The van der Waals surface area contributed by atoms with Crippen molar-refractivity contribution in [1.29, 1.82) is 0 Å². The van der Waals surface area contributed by atoms with E-state index in [0.717, 1.165) is 49.9 Å². The average molecular weight is 573 g/mol. The number of Topliss-reactive ketones (excluding diaryl/α,β-unsaturated/α-hetero) is 1. The third kappa shape index (κ3) is 6.43. The van der Waals surface area contributed by atoms with Crippen LogP contribution in [-0.4, -0.2) is 38.4 Å². The molecule has 5 rings (SSSR count). The van der Waals surface area contributed by atoms with Crippen LogP contribution in [0.1, 0.15) is 79.8 Å². The normalized spacial score (nSPS) is 26.1. The number of hydrogen-bond acceptors (Lipinski definition) is 6. The maximum atomic E-state index is 13.1. The van der Waals surface area contributed by atoms with Crippen LogP contribution in [0.3, 0.4) is 0 Å². The molecule has 0 unspecified atom stereocenters. The fourth-order valence-corrected chi connectivity index (χ4v) is 7.18. The van der Waals surface area contributed by atoms with E-state index in [1.54, 1.807) is 25.1 Å². The number of ether oxygens (including phenoxy) is 1. The van der Waals surface area contributed by atoms with Crippen LogP contribution in [0.4, 0.5) is 5.69 Å². The van der Waals surface area contributed by atoms with Gasteiger partial charge in [0.25, 0.3) is 5.91 Å². The number of sulfonamides is 1. The fourth-order valence-electron chi connectivity index (χ4n) is 5.93. The Morgan fingerprint density at radius 3 is 2.56 bits per heavy atom. The zero-order chi connectivity index (χ0) is 27.6. The van der Waals surface area contributed by atoms with Crippen molar-refractivity contribution in [2.24, 2.45) is 11.8 Å². The number of rotatable bonds is 0. The summed E-state index contributed by atoms with van der Waals surface area (Å²) in [5.41, 5.74) is 3.27. The summed E-state index contributed by atoms with van der Waals surface area (Å²) in [6, 6.07) is 11.0. The Bertz CT molecular complexity index is 1340. The molecule has 0 aromatic heterocycles. The quantitative estimate of drug-likeness (QED) is 0.437. The van der Waals surface area contributed by atoms with Gasteiger partial charge >= 0.3 is 0 Å². The minimum Gasteiger partial charge on any atom is -0.487 e. The van der Waals surface area contributed by atoms with Crippen LogP contribution in [-0.2, 0) is 27.8 Å². The van der Waals surface area contributed by atoms with Crippen molar-refractivity contribution in [2.75, 3.05) is 18.0 Å². The number of nitrogens with zero attached hydrogens (tertiary/aromatic N) is 1. The first kappa shape index (κ1) is 28.0. The molecule has 0 spiro atoms. The Hall–Kier alpha value is -2.58. The lowest BCUT2D eigenvalue weighted by atomic mass is 9.70. The van der Waals surface area contributed by atoms with E-state index in [4.69, 9.17) is 16.3 Å². The Morgan fingerprint density at radius 2 is 1.77 bits per heavy atom. The first-order valence-electron chi connectivity index (χ1n) is 14.1. The number of carbonyl (C=O) groups excluding carboxylic acids is 2. The second kappa shape index (κ2) is 11.9. The van der Waals surface area contributed by atoms with E-state index in [9.17, 15) is 18.0 Å². The standard InChI is InChI=1S/C30H37ClN2O5S/c1-20-6-2-3-8-28(34)26-13-10-23(26)18-33-15-5-4-7-21-16-25(31)12-9-24(21)19-38-29-14-11-22(17-27(29)33)30(35)32-39(20,36)37/h9,11-12,14,16-17,20,23,26H,2-8,10,13,15,18-19H2,1H3,(H,32,35)/t20-,23+,26-/m1/s1. The molecule has 2 bridgehead atoms. The highest BCUT2D eigenvalue weighted by Gasteiger charge is 2.37. The van der Waals surface area contributed by atoms with Crippen molar-refractivity contribution in [1.82, 2.24) is 4.72 Å². The summed E-state index contributed by atoms with van der Waals surface area (Å²) in [7, 11) is -3.85. The van der Waals surface area contributed by atoms with Crippen molar-refractivity contribution >= 4 is 39.0 Å². The molecule has 210 valence electrons. The first-order valence-corrected chi connectivity index (χ1v) is 16.0. The number of ketones is 1. The van der Waals surface area contributed by atoms with Gasteiger partial charge in [0, 0.05) is 36.0 Å². The van der Waals surface area contributed by atoms with Crippen LogP contribution in [0.2, 0.25) is 5.02 Å². The summed E-state index contributed by atoms with van der Waals surface area (Å²) in [6.45, 7) is 3.41. The molecular formula is C30H37ClN2O5S. The minimum atomic E-state index is -3.85. The zero-order valence-corrected chi connectivity index (χ0v) is 24.0. The molecule has 2 aromatic carbocycles. The van der Waals surface area contributed by atoms with Crippen molar-refractivity contribution in [3.8, 4) is 5.75 Å². The highest BCUT2D eigenvalue weighted by molar-refractivity contribution is 7.90. The number of fused-ring (bicyclic) bond motifs is 3. The van der Waals surface area contributed by atoms with Crippen molar-refractivity contribution in [3.05, 3.63) is 58.1 Å². The molecule has 1 amide bonds. The van der Waals surface area contributed by atoms with E-state index in [-0.39, 0.29) is 23.2 Å². The third-order valence-corrected chi connectivity index (χ3v) is 10.6. The van der Waals surface area contributed by atoms with Crippen LogP contribution < -0.4 is 14.4 Å². The summed E-state index contributed by atoms with van der Waals surface area (Å²) < 4.78 is 34.4. The van der Waals surface area contributed by atoms with Crippen LogP contribution in [0.25, 0.3) is 0 Å². The van der Waals surface area contributed by atoms with Gasteiger partial charge in [-0.1, -0.05) is 24.1 Å². The summed E-state index contributed by atoms with van der Waals surface area (Å²) in [6.07, 6.45) is 6.86. The lowest BCUT2D eigenvalue weighted by Gasteiger charge is -2.40. The molecular weight excluding hydrogens is 536 g/mol. The predicted octanol–water partition coefficient (Wildman–Crippen LogP) is 5.68. The van der Waals surface area contributed by atoms with Gasteiger partial charge in [-0.25, -0.2) is 13.1 Å². The number of carbonyl (C=O) groups is 2. The predicted molar refractivity (Wildman–Crippen MR) is 153 cm³/mol. The van der Waals surface area contributed by atoms with Crippen LogP contribution in [0, 0.1) is 11.8 Å². The molecule has 2 heterocycles. The molecule has 1 saturated carbocycles. The molecule has 2 aromatic rings. The number of nitrogens with one attached hydrogen (secondary N) is 1. The van der Waals surface area contributed by atoms with Gasteiger partial charge in [-0.2, -0.15) is 0 Å². The van der Waals surface area contributed by atoms with Gasteiger partial charge in [0.05, 0.1) is 10.9 Å². The van der Waals surface area contributed by atoms with Crippen LogP contribution in [0.5, 0.6) is 5.75 Å². The van der Waals surface area contributed by atoms with Gasteiger partial charge in [-0.3, -0.25) is 9.59 Å². The average Bonchev–Trinajstić information content (AvgIpc) is 2.91. The molecule has 9 heteroatoms. The van der Waals surface area contributed by atoms with Gasteiger partial charge in [-0.15, -0.1) is 0 Å². The molecule has 1 aliphatic carbocycles. The summed E-state index contributed by atoms with van der Waals surface area (Å²) in [5.74, 6) is 0.588. The summed E-state index contributed by atoms with van der Waals surface area (Å²) >= 11 is 6.28. The highest BCUT2D eigenvalue weighted by Crippen LogP contribution is 2.40. The number of aryl methyl sites for hydroxylation is 1. The van der Waals surface area contributed by atoms with Gasteiger partial charge < -0.3 is 9.64 Å². The smallest absolute Gasteiger partial charge is 0.264 e. The monoisotopic (exact) mass is 572 g/mol. The molecule has 0 saturated heterocycles. The highest BCUT2D eigenvalue weighted by atomic mass is 35.5. The lowest BCUT2D eigenvalue weighted by molar-refractivity contribution is -0.127. The van der Waals surface area contributed by atoms with E-state index in [2.05, 4.69) is 9.62 Å². The van der Waals surface area contributed by atoms with E-state index in [1.807, 2.05) is 18.2 Å². The fraction of sp³-hybridized carbons (Fsp3) is 0.533. The first-order chi connectivity index (χ1) is 18.7. The summed E-state index contributed by atoms with van der Waals surface area (Å²) in [5, 5.41) is -0.0233. The van der Waals surface area contributed by atoms with E-state index in [1.165, 1.54) is 5.56 Å². The largest absolute Gasteiger partial charge is 0.487 e. The topological polar surface area (TPSA) is 92.8 Å². The maximum absolute atomic E-state index is 13.1. The molecule has 2 aliphatic heterocycles. The number of hydrogen-bond donors (Lipinski definition) is 1. The molecule has 3 atom stereocenters. The van der Waals surface area contributed by atoms with E-state index in [0.29, 0.717) is 49.6 Å². The summed E-state index contributed by atoms with van der Waals surface area (Å²) in [4.78, 5) is 28.5. The van der Waals surface area contributed by atoms with Gasteiger partial charge in [0.2, 0.25) is 10.0 Å². The number of amides is 1. The second-order valence-corrected chi connectivity index (χ2v) is 13.8. The van der Waals surface area contributed by atoms with Crippen LogP contribution in [0.15, 0.2) is 36.4 Å². The third-order valence-electron chi connectivity index (χ3n) is 8.57. The van der Waals surface area contributed by atoms with E-state index < -0.39 is 21.2 Å². The Labute approximate surface area is 236 Å². The Kier molecular flexibility index (Phi) is 8.52. The molecule has 39 heavy (non-hydrogen) atoms. The Morgan fingerprint density at radius 1 is 0.949 bits per heavy atom. The van der Waals surface area contributed by atoms with Gasteiger partial charge in [-0.05, 0) is 99.2 Å². The Balaban J connectivity index is 1.52. The maximum Gasteiger partial charge on any atom is 0.264 e. The number of anilines is 1. The van der Waals surface area contributed by atoms with Crippen molar-refractivity contribution in [3.63, 3.8) is 0 Å². The molecule has 3 aliphatic rings. The lowest BCUT2D eigenvalue weighted by Crippen LogP contribution is -2.42. The zero-order valence-electron chi connectivity index (χ0n) is 22.5. The van der Waals surface area contributed by atoms with Gasteiger partial charge in [0.15, 0.2) is 0 Å². The SMILES string of the molecule is C[C@@H]1CCCCC(=O)[C@@H]2CC[C@H]2CN2CCCCc3cc(Cl)ccc3COc3ccc(cc32)C(=O)NS1(=O)=O. The van der Waals surface area contributed by atoms with Crippen molar-refractivity contribution in [2.45, 2.75) is 76.6 Å². The van der Waals surface area contributed by atoms with E-state index >= 15 is 0 Å². The van der Waals surface area contributed by atoms with Gasteiger partial charge in [0.1, 0.15) is 18.1 Å². The van der Waals surface area contributed by atoms with Crippen LogP contribution >= 0.6 is 11.6 Å².